The number of phenolic OH excluding ortho intramolecular Hbond substituents is 1. The molecule has 0 unspecified atom stereocenters. The standard InChI is InChI=1S/C25H28N2O8S/c1-34-14-2-11-27-22(17-3-7-19(28)8-4-17)21(24(30)25(27)31)23(29)18-5-9-20(10-6-18)36(32,33)26-12-15-35-16-13-26/h3-10,22,28-29H,2,11-16H2,1H3/t22-/m0/s1. The molecular formula is C25H28N2O8S. The number of benzene rings is 2. The van der Waals surface area contributed by atoms with Crippen molar-refractivity contribution in [3.63, 3.8) is 0 Å². The number of rotatable bonds is 8. The highest BCUT2D eigenvalue weighted by atomic mass is 32.2. The van der Waals surface area contributed by atoms with Crippen molar-refractivity contribution in [3.05, 3.63) is 65.2 Å². The maximum atomic E-state index is 13.0. The first kappa shape index (κ1) is 25.8. The number of phenols is 1. The minimum Gasteiger partial charge on any atom is -0.508 e. The minimum absolute atomic E-state index is 0.0205. The molecule has 0 aromatic heterocycles. The molecule has 0 bridgehead atoms. The summed E-state index contributed by atoms with van der Waals surface area (Å²) in [4.78, 5) is 27.4. The van der Waals surface area contributed by atoms with E-state index in [4.69, 9.17) is 9.47 Å². The summed E-state index contributed by atoms with van der Waals surface area (Å²) in [5, 5.41) is 20.9. The minimum atomic E-state index is -3.73. The van der Waals surface area contributed by atoms with Gasteiger partial charge in [0.25, 0.3) is 11.7 Å². The molecule has 2 aromatic rings. The smallest absolute Gasteiger partial charge is 0.295 e. The molecule has 2 saturated heterocycles. The zero-order chi connectivity index (χ0) is 25.9. The van der Waals surface area contributed by atoms with Crippen LogP contribution in [0.3, 0.4) is 0 Å². The number of aliphatic hydroxyl groups is 1. The Morgan fingerprint density at radius 1 is 1.06 bits per heavy atom. The van der Waals surface area contributed by atoms with Crippen LogP contribution in [0.4, 0.5) is 0 Å². The molecule has 2 aromatic carbocycles. The monoisotopic (exact) mass is 516 g/mol. The number of nitrogens with zero attached hydrogens (tertiary/aromatic N) is 2. The quantitative estimate of drug-likeness (QED) is 0.235. The van der Waals surface area contributed by atoms with Crippen LogP contribution < -0.4 is 0 Å². The number of ketones is 1. The molecule has 36 heavy (non-hydrogen) atoms. The van der Waals surface area contributed by atoms with Crippen molar-refractivity contribution < 1.29 is 37.7 Å². The van der Waals surface area contributed by atoms with E-state index in [2.05, 4.69) is 0 Å². The number of ether oxygens (including phenoxy) is 2. The van der Waals surface area contributed by atoms with Gasteiger partial charge in [-0.05, 0) is 48.4 Å². The average Bonchev–Trinajstić information content (AvgIpc) is 3.14. The van der Waals surface area contributed by atoms with Crippen molar-refractivity contribution in [2.45, 2.75) is 17.4 Å². The molecule has 2 heterocycles. The van der Waals surface area contributed by atoms with Crippen LogP contribution in [-0.2, 0) is 29.1 Å². The Morgan fingerprint density at radius 2 is 1.69 bits per heavy atom. The maximum absolute atomic E-state index is 13.0. The van der Waals surface area contributed by atoms with Crippen LogP contribution in [0.1, 0.15) is 23.6 Å². The van der Waals surface area contributed by atoms with Crippen LogP contribution in [0.5, 0.6) is 5.75 Å². The predicted molar refractivity (Wildman–Crippen MR) is 130 cm³/mol. The van der Waals surface area contributed by atoms with Crippen LogP contribution >= 0.6 is 0 Å². The van der Waals surface area contributed by atoms with Gasteiger partial charge in [-0.1, -0.05) is 12.1 Å². The van der Waals surface area contributed by atoms with Gasteiger partial charge >= 0.3 is 0 Å². The van der Waals surface area contributed by atoms with Gasteiger partial charge in [0, 0.05) is 38.9 Å². The fraction of sp³-hybridized carbons (Fsp3) is 0.360. The average molecular weight is 517 g/mol. The second-order valence-corrected chi connectivity index (χ2v) is 10.4. The number of morpholine rings is 1. The first-order chi connectivity index (χ1) is 17.3. The molecule has 192 valence electrons. The molecule has 1 amide bonds. The van der Waals surface area contributed by atoms with Crippen LogP contribution in [0, 0.1) is 0 Å². The van der Waals surface area contributed by atoms with Gasteiger partial charge in [0.15, 0.2) is 0 Å². The van der Waals surface area contributed by atoms with E-state index in [1.54, 1.807) is 12.1 Å². The Bertz CT molecular complexity index is 1250. The zero-order valence-corrected chi connectivity index (χ0v) is 20.6. The summed E-state index contributed by atoms with van der Waals surface area (Å²) in [5.41, 5.74) is 0.638. The van der Waals surface area contributed by atoms with Crippen LogP contribution in [0.2, 0.25) is 0 Å². The molecule has 2 aliphatic heterocycles. The molecule has 0 radical (unpaired) electrons. The second kappa shape index (κ2) is 10.8. The number of amides is 1. The Balaban J connectivity index is 1.71. The molecule has 2 N–H and O–H groups in total. The zero-order valence-electron chi connectivity index (χ0n) is 19.8. The lowest BCUT2D eigenvalue weighted by Gasteiger charge is -2.26. The van der Waals surface area contributed by atoms with Crippen molar-refractivity contribution in [3.8, 4) is 5.75 Å². The van der Waals surface area contributed by atoms with Crippen LogP contribution in [0.25, 0.3) is 5.76 Å². The second-order valence-electron chi connectivity index (χ2n) is 8.47. The normalized spacial score (nSPS) is 20.7. The number of sulfonamides is 1. The number of aliphatic hydroxyl groups excluding tert-OH is 1. The first-order valence-corrected chi connectivity index (χ1v) is 12.9. The molecule has 4 rings (SSSR count). The molecule has 10 nitrogen and oxygen atoms in total. The summed E-state index contributed by atoms with van der Waals surface area (Å²) < 4.78 is 37.4. The van der Waals surface area contributed by atoms with E-state index in [9.17, 15) is 28.2 Å². The summed E-state index contributed by atoms with van der Waals surface area (Å²) in [6.45, 7) is 1.74. The highest BCUT2D eigenvalue weighted by molar-refractivity contribution is 7.89. The molecule has 0 spiro atoms. The van der Waals surface area contributed by atoms with Crippen molar-refractivity contribution in [2.24, 2.45) is 0 Å². The van der Waals surface area contributed by atoms with E-state index < -0.39 is 33.5 Å². The molecule has 2 fully saturated rings. The van der Waals surface area contributed by atoms with Gasteiger partial charge in [0.1, 0.15) is 11.5 Å². The topological polar surface area (TPSA) is 134 Å². The number of hydrogen-bond acceptors (Lipinski definition) is 8. The number of Topliss-reactive ketones (excluding diaryl/α,β-unsaturated/α-hetero) is 1. The van der Waals surface area contributed by atoms with Crippen molar-refractivity contribution >= 4 is 27.5 Å². The van der Waals surface area contributed by atoms with E-state index in [0.717, 1.165) is 0 Å². The Kier molecular flexibility index (Phi) is 7.74. The Hall–Kier alpha value is -3.25. The molecular weight excluding hydrogens is 488 g/mol. The van der Waals surface area contributed by atoms with Gasteiger partial charge in [-0.3, -0.25) is 9.59 Å². The SMILES string of the molecule is COCCCN1C(=O)C(=O)C(=C(O)c2ccc(S(=O)(=O)N3CCOCC3)cc2)[C@@H]1c1ccc(O)cc1. The number of carbonyl (C=O) groups excluding carboxylic acids is 2. The number of methoxy groups -OCH3 is 1. The van der Waals surface area contributed by atoms with Gasteiger partial charge in [0.2, 0.25) is 10.0 Å². The molecule has 11 heteroatoms. The molecule has 1 atom stereocenters. The number of aromatic hydroxyl groups is 1. The highest BCUT2D eigenvalue weighted by Crippen LogP contribution is 2.40. The van der Waals surface area contributed by atoms with Crippen LogP contribution in [-0.4, -0.2) is 86.1 Å². The van der Waals surface area contributed by atoms with Gasteiger partial charge in [-0.25, -0.2) is 8.42 Å². The molecule has 2 aliphatic rings. The van der Waals surface area contributed by atoms with E-state index in [1.165, 1.54) is 52.7 Å². The van der Waals surface area contributed by atoms with E-state index >= 15 is 0 Å². The maximum Gasteiger partial charge on any atom is 0.295 e. The van der Waals surface area contributed by atoms with Gasteiger partial charge in [-0.15, -0.1) is 0 Å². The van der Waals surface area contributed by atoms with E-state index in [0.29, 0.717) is 31.8 Å². The number of likely N-dealkylation sites (tertiary alicyclic amines) is 1. The van der Waals surface area contributed by atoms with Crippen molar-refractivity contribution in [1.29, 1.82) is 0 Å². The van der Waals surface area contributed by atoms with Crippen molar-refractivity contribution in [2.75, 3.05) is 46.6 Å². The summed E-state index contributed by atoms with van der Waals surface area (Å²) in [7, 11) is -2.20. The number of hydrogen-bond donors (Lipinski definition) is 2. The lowest BCUT2D eigenvalue weighted by atomic mass is 9.95. The van der Waals surface area contributed by atoms with Crippen LogP contribution in [0.15, 0.2) is 59.0 Å². The lowest BCUT2D eigenvalue weighted by Crippen LogP contribution is -2.40. The Morgan fingerprint density at radius 3 is 2.31 bits per heavy atom. The summed E-state index contributed by atoms with van der Waals surface area (Å²) in [6.07, 6.45) is 0.478. The molecule has 0 saturated carbocycles. The lowest BCUT2D eigenvalue weighted by molar-refractivity contribution is -0.140. The first-order valence-electron chi connectivity index (χ1n) is 11.5. The molecule has 0 aliphatic carbocycles. The number of carbonyl (C=O) groups is 2. The third kappa shape index (κ3) is 5.00. The predicted octanol–water partition coefficient (Wildman–Crippen LogP) is 1.87. The van der Waals surface area contributed by atoms with E-state index in [1.807, 2.05) is 0 Å². The third-order valence-corrected chi connectivity index (χ3v) is 8.14. The summed E-state index contributed by atoms with van der Waals surface area (Å²) in [5.74, 6) is -1.98. The Labute approximate surface area is 209 Å². The van der Waals surface area contributed by atoms with Gasteiger partial charge < -0.3 is 24.6 Å². The summed E-state index contributed by atoms with van der Waals surface area (Å²) in [6, 6.07) is 10.7. The van der Waals surface area contributed by atoms with E-state index in [-0.39, 0.29) is 41.4 Å². The van der Waals surface area contributed by atoms with Gasteiger partial charge in [0.05, 0.1) is 29.7 Å². The summed E-state index contributed by atoms with van der Waals surface area (Å²) >= 11 is 0. The van der Waals surface area contributed by atoms with Crippen molar-refractivity contribution in [1.82, 2.24) is 9.21 Å². The largest absolute Gasteiger partial charge is 0.508 e. The fourth-order valence-electron chi connectivity index (χ4n) is 4.37. The third-order valence-electron chi connectivity index (χ3n) is 6.23. The highest BCUT2D eigenvalue weighted by Gasteiger charge is 2.45. The fourth-order valence-corrected chi connectivity index (χ4v) is 5.78. The van der Waals surface area contributed by atoms with Gasteiger partial charge in [-0.2, -0.15) is 4.31 Å².